The minimum Gasteiger partial charge on any atom is -0.497 e. The lowest BCUT2D eigenvalue weighted by Gasteiger charge is -2.41. The highest BCUT2D eigenvalue weighted by molar-refractivity contribution is 6.14. The Kier molecular flexibility index (Phi) is 5.76. The summed E-state index contributed by atoms with van der Waals surface area (Å²) in [5.41, 5.74) is -2.62. The first-order valence-electron chi connectivity index (χ1n) is 11.2. The first kappa shape index (κ1) is 23.3. The fourth-order valence-corrected chi connectivity index (χ4v) is 4.22. The summed E-state index contributed by atoms with van der Waals surface area (Å²) < 4.78 is 57.4. The van der Waals surface area contributed by atoms with E-state index in [-0.39, 0.29) is 5.65 Å². The van der Waals surface area contributed by atoms with Gasteiger partial charge in [-0.15, -0.1) is 5.10 Å². The van der Waals surface area contributed by atoms with Crippen LogP contribution in [-0.4, -0.2) is 54.2 Å². The van der Waals surface area contributed by atoms with Crippen LogP contribution in [0.4, 0.5) is 19.0 Å². The number of piperidine rings is 1. The quantitative estimate of drug-likeness (QED) is 0.527. The Bertz CT molecular complexity index is 1320. The molecule has 2 aliphatic heterocycles. The first-order valence-corrected chi connectivity index (χ1v) is 11.2. The van der Waals surface area contributed by atoms with Crippen LogP contribution >= 0.6 is 0 Å². The van der Waals surface area contributed by atoms with Gasteiger partial charge in [0.1, 0.15) is 13.6 Å². The van der Waals surface area contributed by atoms with Gasteiger partial charge in [0.15, 0.2) is 28.7 Å². The number of benzene rings is 1. The molecule has 0 amide bonds. The third-order valence-corrected chi connectivity index (χ3v) is 6.05. The lowest BCUT2D eigenvalue weighted by Crippen LogP contribution is -2.49. The second-order valence-corrected chi connectivity index (χ2v) is 8.71. The molecule has 0 N–H and O–H groups in total. The van der Waals surface area contributed by atoms with Crippen molar-refractivity contribution in [1.29, 1.82) is 0 Å². The van der Waals surface area contributed by atoms with E-state index < -0.39 is 22.9 Å². The fourth-order valence-electron chi connectivity index (χ4n) is 4.22. The second-order valence-electron chi connectivity index (χ2n) is 8.71. The minimum absolute atomic E-state index is 0.158. The molecule has 1 aromatic carbocycles. The molecule has 8 nitrogen and oxygen atoms in total. The average molecular weight is 486 g/mol. The number of ether oxygens (including phenoxy) is 3. The molecule has 3 aromatic rings. The molecular formula is C23H22BF3N4O4. The maximum Gasteiger partial charge on any atom is 0.433 e. The van der Waals surface area contributed by atoms with Crippen molar-refractivity contribution in [2.45, 2.75) is 37.9 Å². The molecule has 5 rings (SSSR count). The van der Waals surface area contributed by atoms with Gasteiger partial charge in [-0.2, -0.15) is 17.7 Å². The van der Waals surface area contributed by atoms with E-state index in [0.29, 0.717) is 73.8 Å². The Morgan fingerprint density at radius 1 is 1.09 bits per heavy atom. The Morgan fingerprint density at radius 3 is 2.51 bits per heavy atom. The molecule has 0 atom stereocenters. The number of fused-ring (bicyclic) bond motifs is 2. The van der Waals surface area contributed by atoms with E-state index in [4.69, 9.17) is 22.1 Å². The lowest BCUT2D eigenvalue weighted by molar-refractivity contribution is -0.141. The van der Waals surface area contributed by atoms with Crippen LogP contribution in [0.25, 0.3) is 5.65 Å². The Morgan fingerprint density at radius 2 is 1.80 bits per heavy atom. The van der Waals surface area contributed by atoms with Crippen LogP contribution in [0.1, 0.15) is 30.5 Å². The number of nitrogens with zero attached hydrogens (tertiary/aromatic N) is 4. The van der Waals surface area contributed by atoms with Crippen molar-refractivity contribution in [2.75, 3.05) is 31.2 Å². The van der Waals surface area contributed by atoms with Crippen LogP contribution in [0.5, 0.6) is 17.2 Å². The van der Waals surface area contributed by atoms with Gasteiger partial charge < -0.3 is 19.1 Å². The van der Waals surface area contributed by atoms with Gasteiger partial charge in [0.2, 0.25) is 0 Å². The summed E-state index contributed by atoms with van der Waals surface area (Å²) in [6.45, 7) is 3.82. The number of halogens is 3. The molecule has 0 aliphatic carbocycles. The van der Waals surface area contributed by atoms with E-state index in [1.165, 1.54) is 6.07 Å². The van der Waals surface area contributed by atoms with E-state index in [1.807, 2.05) is 4.90 Å². The van der Waals surface area contributed by atoms with Crippen molar-refractivity contribution in [3.63, 3.8) is 0 Å². The van der Waals surface area contributed by atoms with Gasteiger partial charge in [-0.3, -0.25) is 4.79 Å². The second kappa shape index (κ2) is 8.65. The molecule has 35 heavy (non-hydrogen) atoms. The van der Waals surface area contributed by atoms with Crippen molar-refractivity contribution in [1.82, 2.24) is 14.6 Å². The van der Waals surface area contributed by atoms with E-state index >= 15 is 0 Å². The smallest absolute Gasteiger partial charge is 0.433 e. The summed E-state index contributed by atoms with van der Waals surface area (Å²) in [6.07, 6.45) is -2.99. The van der Waals surface area contributed by atoms with E-state index in [9.17, 15) is 18.0 Å². The standard InChI is InChI=1S/C23H22BF3N4O4/c1-14-11-19-28-18(23(25,26)27)13-20(32)31(19)29-21(14)30-7-5-22(24,6-8-30)35-15-3-4-16-17(12-15)34-10-2-9-33-16/h3-4,11-13H,2,5-10H2,1H3. The number of anilines is 1. The molecule has 0 spiro atoms. The Balaban J connectivity index is 1.33. The van der Waals surface area contributed by atoms with Gasteiger partial charge in [0.05, 0.1) is 18.7 Å². The van der Waals surface area contributed by atoms with E-state index in [1.54, 1.807) is 25.1 Å². The van der Waals surface area contributed by atoms with Crippen molar-refractivity contribution in [3.05, 3.63) is 51.9 Å². The lowest BCUT2D eigenvalue weighted by atomic mass is 9.73. The fraction of sp³-hybridized carbons (Fsp3) is 0.435. The highest BCUT2D eigenvalue weighted by atomic mass is 19.4. The number of aryl methyl sites for hydroxylation is 1. The van der Waals surface area contributed by atoms with Crippen LogP contribution in [0.2, 0.25) is 0 Å². The number of aromatic nitrogens is 3. The number of hydrogen-bond donors (Lipinski definition) is 0. The molecule has 182 valence electrons. The molecule has 2 aromatic heterocycles. The van der Waals surface area contributed by atoms with Crippen LogP contribution < -0.4 is 24.7 Å². The minimum atomic E-state index is -4.71. The zero-order valence-electron chi connectivity index (χ0n) is 19.0. The molecule has 1 fully saturated rings. The van der Waals surface area contributed by atoms with Gasteiger partial charge in [-0.1, -0.05) is 0 Å². The zero-order chi connectivity index (χ0) is 24.8. The van der Waals surface area contributed by atoms with Crippen LogP contribution in [0, 0.1) is 6.92 Å². The summed E-state index contributed by atoms with van der Waals surface area (Å²) in [5.74, 6) is 2.34. The third-order valence-electron chi connectivity index (χ3n) is 6.05. The Labute approximate surface area is 200 Å². The SMILES string of the molecule is [B]C1(Oc2ccc3c(c2)OCCCO3)CCN(c2nn3c(=O)cc(C(F)(F)F)nc3cc2C)CC1. The zero-order valence-corrected chi connectivity index (χ0v) is 19.0. The van der Waals surface area contributed by atoms with Gasteiger partial charge in [-0.05, 0) is 43.5 Å². The van der Waals surface area contributed by atoms with Gasteiger partial charge >= 0.3 is 6.18 Å². The molecule has 0 saturated carbocycles. The number of hydrogen-bond acceptors (Lipinski definition) is 7. The highest BCUT2D eigenvalue weighted by Gasteiger charge is 2.35. The van der Waals surface area contributed by atoms with Crippen molar-refractivity contribution in [2.24, 2.45) is 0 Å². The molecule has 0 bridgehead atoms. The van der Waals surface area contributed by atoms with Crippen molar-refractivity contribution in [3.8, 4) is 17.2 Å². The first-order chi connectivity index (χ1) is 16.6. The molecule has 2 aliphatic rings. The van der Waals surface area contributed by atoms with Gasteiger partial charge in [0.25, 0.3) is 5.56 Å². The van der Waals surface area contributed by atoms with Crippen LogP contribution in [0.3, 0.4) is 0 Å². The van der Waals surface area contributed by atoms with E-state index in [0.717, 1.165) is 10.9 Å². The average Bonchev–Trinajstić information content (AvgIpc) is 3.03. The molecular weight excluding hydrogens is 464 g/mol. The topological polar surface area (TPSA) is 78.2 Å². The molecule has 1 saturated heterocycles. The monoisotopic (exact) mass is 486 g/mol. The Hall–Kier alpha value is -3.44. The number of alkyl halides is 3. The summed E-state index contributed by atoms with van der Waals surface area (Å²) >= 11 is 0. The molecule has 2 radical (unpaired) electrons. The van der Waals surface area contributed by atoms with Crippen LogP contribution in [0.15, 0.2) is 35.1 Å². The normalized spacial score (nSPS) is 17.8. The summed E-state index contributed by atoms with van der Waals surface area (Å²) in [4.78, 5) is 17.8. The molecule has 12 heteroatoms. The number of rotatable bonds is 3. The van der Waals surface area contributed by atoms with Crippen molar-refractivity contribution < 1.29 is 27.4 Å². The van der Waals surface area contributed by atoms with Crippen LogP contribution in [-0.2, 0) is 6.18 Å². The molecule has 0 unspecified atom stereocenters. The van der Waals surface area contributed by atoms with E-state index in [2.05, 4.69) is 10.1 Å². The summed E-state index contributed by atoms with van der Waals surface area (Å²) in [7, 11) is 6.54. The van der Waals surface area contributed by atoms with Gasteiger partial charge in [-0.25, -0.2) is 4.98 Å². The summed E-state index contributed by atoms with van der Waals surface area (Å²) in [5, 5.41) is 4.30. The van der Waals surface area contributed by atoms with Crippen molar-refractivity contribution >= 4 is 19.3 Å². The maximum atomic E-state index is 13.0. The largest absolute Gasteiger partial charge is 0.497 e. The summed E-state index contributed by atoms with van der Waals surface area (Å²) in [6, 6.07) is 7.23. The predicted octanol–water partition coefficient (Wildman–Crippen LogP) is 3.12. The highest BCUT2D eigenvalue weighted by Crippen LogP contribution is 2.36. The third kappa shape index (κ3) is 4.74. The molecule has 4 heterocycles. The maximum absolute atomic E-state index is 13.0. The van der Waals surface area contributed by atoms with Gasteiger partial charge in [0, 0.05) is 31.6 Å². The predicted molar refractivity (Wildman–Crippen MR) is 122 cm³/mol.